The van der Waals surface area contributed by atoms with Gasteiger partial charge in [0.25, 0.3) is 0 Å². The van der Waals surface area contributed by atoms with Crippen molar-refractivity contribution in [3.05, 3.63) is 29.8 Å². The van der Waals surface area contributed by atoms with Crippen LogP contribution in [0.3, 0.4) is 0 Å². The lowest BCUT2D eigenvalue weighted by atomic mass is 10.0. The maximum atomic E-state index is 12.0. The number of piperidine rings is 1. The van der Waals surface area contributed by atoms with Crippen molar-refractivity contribution in [2.45, 2.75) is 36.7 Å². The molecule has 6 nitrogen and oxygen atoms in total. The fraction of sp³-hybridized carbons (Fsp3) is 0.533. The van der Waals surface area contributed by atoms with E-state index >= 15 is 0 Å². The highest BCUT2D eigenvalue weighted by atomic mass is 32.2. The van der Waals surface area contributed by atoms with Crippen LogP contribution in [0.15, 0.2) is 29.2 Å². The second-order valence-electron chi connectivity index (χ2n) is 5.65. The van der Waals surface area contributed by atoms with Crippen LogP contribution in [0.1, 0.15) is 24.8 Å². The number of carbonyl (C=O) groups excluding carboxylic acids is 1. The van der Waals surface area contributed by atoms with E-state index in [0.717, 1.165) is 31.4 Å². The van der Waals surface area contributed by atoms with Crippen molar-refractivity contribution in [1.29, 1.82) is 0 Å². The summed E-state index contributed by atoms with van der Waals surface area (Å²) >= 11 is 0. The summed E-state index contributed by atoms with van der Waals surface area (Å²) < 4.78 is 25.1. The largest absolute Gasteiger partial charge is 0.351 e. The molecule has 0 aliphatic carbocycles. The summed E-state index contributed by atoms with van der Waals surface area (Å²) in [4.78, 5) is 12.3. The second-order valence-corrected chi connectivity index (χ2v) is 7.80. The van der Waals surface area contributed by atoms with Gasteiger partial charge >= 0.3 is 0 Å². The van der Waals surface area contributed by atoms with Gasteiger partial charge in [0.1, 0.15) is 0 Å². The summed E-state index contributed by atoms with van der Waals surface area (Å²) in [6, 6.07) is 6.48. The number of nitrogens with zero attached hydrogens (tertiary/aromatic N) is 1. The Bertz CT molecular complexity index is 605. The van der Waals surface area contributed by atoms with E-state index in [-0.39, 0.29) is 16.8 Å². The minimum atomic E-state index is -3.41. The average molecular weight is 325 g/mol. The topological polar surface area (TPSA) is 78.5 Å². The first-order chi connectivity index (χ1) is 10.4. The van der Waals surface area contributed by atoms with Crippen molar-refractivity contribution in [2.24, 2.45) is 0 Å². The Balaban J connectivity index is 1.93. The van der Waals surface area contributed by atoms with E-state index in [9.17, 15) is 13.2 Å². The van der Waals surface area contributed by atoms with Crippen LogP contribution in [0.4, 0.5) is 0 Å². The molecule has 1 atom stereocenters. The first-order valence-corrected chi connectivity index (χ1v) is 8.88. The zero-order chi connectivity index (χ0) is 16.2. The van der Waals surface area contributed by atoms with Gasteiger partial charge < -0.3 is 10.6 Å². The molecule has 0 spiro atoms. The fourth-order valence-corrected chi connectivity index (χ4v) is 3.28. The minimum Gasteiger partial charge on any atom is -0.351 e. The van der Waals surface area contributed by atoms with Crippen LogP contribution >= 0.6 is 0 Å². The zero-order valence-corrected chi connectivity index (χ0v) is 13.8. The Hall–Kier alpha value is -1.44. The number of benzene rings is 1. The van der Waals surface area contributed by atoms with E-state index in [1.807, 2.05) is 0 Å². The highest BCUT2D eigenvalue weighted by Crippen LogP contribution is 2.14. The van der Waals surface area contributed by atoms with Crippen LogP contribution in [-0.2, 0) is 21.4 Å². The molecule has 1 saturated heterocycles. The lowest BCUT2D eigenvalue weighted by Gasteiger charge is -2.22. The molecular weight excluding hydrogens is 302 g/mol. The molecule has 0 bridgehead atoms. The molecule has 2 N–H and O–H groups in total. The molecule has 1 aromatic rings. The molecule has 1 aliphatic rings. The maximum absolute atomic E-state index is 12.0. The van der Waals surface area contributed by atoms with Gasteiger partial charge in [0.2, 0.25) is 15.9 Å². The summed E-state index contributed by atoms with van der Waals surface area (Å²) in [5, 5.41) is 6.09. The molecule has 0 saturated carbocycles. The van der Waals surface area contributed by atoms with Crippen LogP contribution in [-0.4, -0.2) is 45.3 Å². The summed E-state index contributed by atoms with van der Waals surface area (Å²) in [5.74, 6) is 0.00434. The van der Waals surface area contributed by atoms with Gasteiger partial charge in [0.15, 0.2) is 0 Å². The highest BCUT2D eigenvalue weighted by Gasteiger charge is 2.20. The molecular formula is C15H23N3O3S. The van der Waals surface area contributed by atoms with Crippen molar-refractivity contribution in [1.82, 2.24) is 14.9 Å². The van der Waals surface area contributed by atoms with Crippen LogP contribution in [0.25, 0.3) is 0 Å². The van der Waals surface area contributed by atoms with Crippen molar-refractivity contribution in [3.8, 4) is 0 Å². The third-order valence-corrected chi connectivity index (χ3v) is 5.62. The predicted molar refractivity (Wildman–Crippen MR) is 84.8 cm³/mol. The van der Waals surface area contributed by atoms with Crippen molar-refractivity contribution in [3.63, 3.8) is 0 Å². The summed E-state index contributed by atoms with van der Waals surface area (Å²) in [5.41, 5.74) is 0.877. The smallest absolute Gasteiger partial charge is 0.242 e. The third-order valence-electron chi connectivity index (χ3n) is 3.80. The first kappa shape index (κ1) is 16.9. The Morgan fingerprint density at radius 1 is 1.27 bits per heavy atom. The molecule has 0 radical (unpaired) electrons. The number of hydrogen-bond acceptors (Lipinski definition) is 4. The van der Waals surface area contributed by atoms with Gasteiger partial charge in [-0.25, -0.2) is 12.7 Å². The Labute approximate surface area is 131 Å². The number of carbonyl (C=O) groups is 1. The molecule has 122 valence electrons. The molecule has 0 aromatic heterocycles. The average Bonchev–Trinajstić information content (AvgIpc) is 2.53. The zero-order valence-electron chi connectivity index (χ0n) is 13.0. The lowest BCUT2D eigenvalue weighted by molar-refractivity contribution is -0.123. The van der Waals surface area contributed by atoms with E-state index in [4.69, 9.17) is 0 Å². The number of hydrogen-bond donors (Lipinski definition) is 2. The molecule has 1 fully saturated rings. The SMILES string of the molecule is CN(C)S(=O)(=O)c1ccc(CNC(=O)C2CCCCN2)cc1. The standard InChI is InChI=1S/C15H23N3O3S/c1-18(2)22(20,21)13-8-6-12(7-9-13)11-17-15(19)14-5-3-4-10-16-14/h6-9,14,16H,3-5,10-11H2,1-2H3,(H,17,19). The lowest BCUT2D eigenvalue weighted by Crippen LogP contribution is -2.46. The number of rotatable bonds is 5. The van der Waals surface area contributed by atoms with Crippen LogP contribution in [0, 0.1) is 0 Å². The van der Waals surface area contributed by atoms with Gasteiger partial charge in [-0.2, -0.15) is 0 Å². The second kappa shape index (κ2) is 7.21. The summed E-state index contributed by atoms with van der Waals surface area (Å²) in [6.07, 6.45) is 3.06. The van der Waals surface area contributed by atoms with E-state index in [0.29, 0.717) is 6.54 Å². The Morgan fingerprint density at radius 2 is 1.95 bits per heavy atom. The van der Waals surface area contributed by atoms with Crippen LogP contribution in [0.5, 0.6) is 0 Å². The Morgan fingerprint density at radius 3 is 2.50 bits per heavy atom. The van der Waals surface area contributed by atoms with E-state index in [1.165, 1.54) is 18.4 Å². The van der Waals surface area contributed by atoms with E-state index < -0.39 is 10.0 Å². The monoisotopic (exact) mass is 325 g/mol. The molecule has 22 heavy (non-hydrogen) atoms. The molecule has 1 aliphatic heterocycles. The van der Waals surface area contributed by atoms with Gasteiger partial charge in [-0.3, -0.25) is 4.79 Å². The van der Waals surface area contributed by atoms with Gasteiger partial charge in [-0.05, 0) is 37.1 Å². The quantitative estimate of drug-likeness (QED) is 0.835. The van der Waals surface area contributed by atoms with Gasteiger partial charge in [-0.1, -0.05) is 18.6 Å². The number of amides is 1. The first-order valence-electron chi connectivity index (χ1n) is 7.44. The van der Waals surface area contributed by atoms with E-state index in [1.54, 1.807) is 24.3 Å². The minimum absolute atomic E-state index is 0.00434. The number of nitrogens with one attached hydrogen (secondary N) is 2. The molecule has 1 amide bonds. The van der Waals surface area contributed by atoms with Gasteiger partial charge in [0.05, 0.1) is 10.9 Å². The van der Waals surface area contributed by atoms with Crippen molar-refractivity contribution in [2.75, 3.05) is 20.6 Å². The molecule has 1 aromatic carbocycles. The van der Waals surface area contributed by atoms with Gasteiger partial charge in [0, 0.05) is 20.6 Å². The molecule has 1 unspecified atom stereocenters. The van der Waals surface area contributed by atoms with E-state index in [2.05, 4.69) is 10.6 Å². The molecule has 7 heteroatoms. The third kappa shape index (κ3) is 4.06. The van der Waals surface area contributed by atoms with Crippen molar-refractivity contribution < 1.29 is 13.2 Å². The fourth-order valence-electron chi connectivity index (χ4n) is 2.38. The highest BCUT2D eigenvalue weighted by molar-refractivity contribution is 7.89. The predicted octanol–water partition coefficient (Wildman–Crippen LogP) is 0.695. The number of sulfonamides is 1. The van der Waals surface area contributed by atoms with Crippen molar-refractivity contribution >= 4 is 15.9 Å². The van der Waals surface area contributed by atoms with Crippen LogP contribution < -0.4 is 10.6 Å². The van der Waals surface area contributed by atoms with Gasteiger partial charge in [-0.15, -0.1) is 0 Å². The van der Waals surface area contributed by atoms with Crippen LogP contribution in [0.2, 0.25) is 0 Å². The summed E-state index contributed by atoms with van der Waals surface area (Å²) in [6.45, 7) is 1.29. The molecule has 1 heterocycles. The summed E-state index contributed by atoms with van der Waals surface area (Å²) in [7, 11) is -0.405. The normalized spacial score (nSPS) is 19.1. The molecule has 2 rings (SSSR count). The maximum Gasteiger partial charge on any atom is 0.242 e. The Kier molecular flexibility index (Phi) is 5.55.